The van der Waals surface area contributed by atoms with Crippen LogP contribution in [0.5, 0.6) is 0 Å². The van der Waals surface area contributed by atoms with Crippen molar-refractivity contribution < 1.29 is 0 Å². The fraction of sp³-hybridized carbons (Fsp3) is 0.167. The van der Waals surface area contributed by atoms with Crippen LogP contribution in [0.1, 0.15) is 49.9 Å². The lowest BCUT2D eigenvalue weighted by Crippen LogP contribution is -2.35. The summed E-state index contributed by atoms with van der Waals surface area (Å²) in [6.07, 6.45) is 0. The first-order chi connectivity index (χ1) is 18.4. The summed E-state index contributed by atoms with van der Waals surface area (Å²) in [5.41, 5.74) is 12.5. The van der Waals surface area contributed by atoms with Gasteiger partial charge in [0.05, 0.1) is 22.7 Å². The largest absolute Gasteiger partial charge is 0.310 e. The van der Waals surface area contributed by atoms with Crippen LogP contribution in [0.15, 0.2) is 121 Å². The zero-order chi connectivity index (χ0) is 26.1. The van der Waals surface area contributed by atoms with E-state index in [9.17, 15) is 0 Å². The number of benzene rings is 5. The molecular weight excluding hydrogens is 460 g/mol. The van der Waals surface area contributed by atoms with E-state index in [-0.39, 0.29) is 10.8 Å². The van der Waals surface area contributed by atoms with Crippen molar-refractivity contribution in [3.05, 3.63) is 144 Å². The molecule has 0 amide bonds. The van der Waals surface area contributed by atoms with E-state index in [1.54, 1.807) is 0 Å². The summed E-state index contributed by atoms with van der Waals surface area (Å²) in [7, 11) is 0. The van der Waals surface area contributed by atoms with Gasteiger partial charge in [-0.1, -0.05) is 100 Å². The van der Waals surface area contributed by atoms with E-state index in [1.807, 2.05) is 0 Å². The standard InChI is InChI=1S/C36H32N2/c1-35(2)27-19-11-13-21-31(27)37(25-15-7-5-8-16-25)33-24-30-34(23-29(33)35)38(26-17-9-6-10-18-26)32-22-14-12-20-28(32)36(30,3)4/h5-24H,1-4H3. The van der Waals surface area contributed by atoms with Gasteiger partial charge in [0.2, 0.25) is 0 Å². The van der Waals surface area contributed by atoms with Gasteiger partial charge >= 0.3 is 0 Å². The quantitative estimate of drug-likeness (QED) is 0.242. The normalized spacial score (nSPS) is 16.2. The molecule has 5 aromatic rings. The second-order valence-electron chi connectivity index (χ2n) is 11.5. The third-order valence-electron chi connectivity index (χ3n) is 8.61. The summed E-state index contributed by atoms with van der Waals surface area (Å²) in [4.78, 5) is 4.92. The molecule has 186 valence electrons. The lowest BCUT2D eigenvalue weighted by molar-refractivity contribution is 0.615. The smallest absolute Gasteiger partial charge is 0.0507 e. The average molecular weight is 493 g/mol. The zero-order valence-electron chi connectivity index (χ0n) is 22.4. The molecular formula is C36H32N2. The highest BCUT2D eigenvalue weighted by Crippen LogP contribution is 2.58. The maximum atomic E-state index is 2.47. The first kappa shape index (κ1) is 22.9. The molecule has 0 spiro atoms. The van der Waals surface area contributed by atoms with Crippen molar-refractivity contribution in [1.29, 1.82) is 0 Å². The van der Waals surface area contributed by atoms with Gasteiger partial charge in [0, 0.05) is 22.2 Å². The van der Waals surface area contributed by atoms with E-state index >= 15 is 0 Å². The minimum Gasteiger partial charge on any atom is -0.310 e. The zero-order valence-corrected chi connectivity index (χ0v) is 22.4. The maximum Gasteiger partial charge on any atom is 0.0507 e. The number of anilines is 6. The fourth-order valence-electron chi connectivity index (χ4n) is 6.60. The van der Waals surface area contributed by atoms with Gasteiger partial charge in [0.1, 0.15) is 0 Å². The monoisotopic (exact) mass is 492 g/mol. The Balaban J connectivity index is 1.57. The van der Waals surface area contributed by atoms with Crippen LogP contribution in [0.4, 0.5) is 34.1 Å². The molecule has 7 rings (SSSR count). The Morgan fingerprint density at radius 1 is 0.368 bits per heavy atom. The molecule has 2 heterocycles. The summed E-state index contributed by atoms with van der Waals surface area (Å²) >= 11 is 0. The Labute approximate surface area is 225 Å². The Hall–Kier alpha value is -4.30. The van der Waals surface area contributed by atoms with Gasteiger partial charge in [-0.2, -0.15) is 0 Å². The molecule has 38 heavy (non-hydrogen) atoms. The highest BCUT2D eigenvalue weighted by molar-refractivity contribution is 5.92. The molecule has 5 aromatic carbocycles. The molecule has 0 N–H and O–H groups in total. The van der Waals surface area contributed by atoms with Crippen LogP contribution in [-0.4, -0.2) is 0 Å². The Bertz CT molecular complexity index is 1540. The molecule has 2 heteroatoms. The second kappa shape index (κ2) is 8.10. The first-order valence-electron chi connectivity index (χ1n) is 13.5. The summed E-state index contributed by atoms with van der Waals surface area (Å²) in [6.45, 7) is 9.48. The predicted octanol–water partition coefficient (Wildman–Crippen LogP) is 9.90. The van der Waals surface area contributed by atoms with Gasteiger partial charge in [-0.15, -0.1) is 0 Å². The highest BCUT2D eigenvalue weighted by Gasteiger charge is 2.42. The van der Waals surface area contributed by atoms with Gasteiger partial charge < -0.3 is 9.80 Å². The minimum atomic E-state index is -0.157. The van der Waals surface area contributed by atoms with E-state index < -0.39 is 0 Å². The van der Waals surface area contributed by atoms with Gasteiger partial charge in [0.25, 0.3) is 0 Å². The molecule has 0 unspecified atom stereocenters. The number of nitrogens with zero attached hydrogens (tertiary/aromatic N) is 2. The highest BCUT2D eigenvalue weighted by atomic mass is 15.2. The molecule has 0 bridgehead atoms. The Morgan fingerprint density at radius 2 is 0.711 bits per heavy atom. The number of fused-ring (bicyclic) bond motifs is 4. The average Bonchev–Trinajstić information content (AvgIpc) is 2.94. The van der Waals surface area contributed by atoms with Crippen molar-refractivity contribution in [2.24, 2.45) is 0 Å². The van der Waals surface area contributed by atoms with Crippen molar-refractivity contribution in [3.63, 3.8) is 0 Å². The summed E-state index contributed by atoms with van der Waals surface area (Å²) < 4.78 is 0. The number of rotatable bonds is 2. The molecule has 0 atom stereocenters. The second-order valence-corrected chi connectivity index (χ2v) is 11.5. The number of hydrogen-bond acceptors (Lipinski definition) is 2. The van der Waals surface area contributed by atoms with Gasteiger partial charge in [-0.3, -0.25) is 0 Å². The van der Waals surface area contributed by atoms with Crippen molar-refractivity contribution in [3.8, 4) is 0 Å². The van der Waals surface area contributed by atoms with Crippen molar-refractivity contribution >= 4 is 34.1 Å². The van der Waals surface area contributed by atoms with Crippen LogP contribution in [-0.2, 0) is 10.8 Å². The molecule has 0 aliphatic carbocycles. The number of para-hydroxylation sites is 4. The van der Waals surface area contributed by atoms with Crippen LogP contribution in [0.2, 0.25) is 0 Å². The minimum absolute atomic E-state index is 0.157. The molecule has 2 aliphatic rings. The lowest BCUT2D eigenvalue weighted by atomic mass is 9.69. The van der Waals surface area contributed by atoms with Crippen molar-refractivity contribution in [1.82, 2.24) is 0 Å². The predicted molar refractivity (Wildman–Crippen MR) is 160 cm³/mol. The Morgan fingerprint density at radius 3 is 1.11 bits per heavy atom. The lowest BCUT2D eigenvalue weighted by Gasteiger charge is -2.47. The summed E-state index contributed by atoms with van der Waals surface area (Å²) in [6, 6.07) is 44.3. The molecule has 0 saturated carbocycles. The van der Waals surface area contributed by atoms with Gasteiger partial charge in [-0.25, -0.2) is 0 Å². The molecule has 0 fully saturated rings. The van der Waals surface area contributed by atoms with Crippen LogP contribution >= 0.6 is 0 Å². The molecule has 0 saturated heterocycles. The third-order valence-corrected chi connectivity index (χ3v) is 8.61. The molecule has 0 radical (unpaired) electrons. The Kier molecular flexibility index (Phi) is 4.87. The van der Waals surface area contributed by atoms with Crippen LogP contribution in [0.25, 0.3) is 0 Å². The number of hydrogen-bond donors (Lipinski definition) is 0. The van der Waals surface area contributed by atoms with Crippen molar-refractivity contribution in [2.75, 3.05) is 9.80 Å². The van der Waals surface area contributed by atoms with E-state index in [1.165, 1.54) is 56.4 Å². The summed E-state index contributed by atoms with van der Waals surface area (Å²) in [5, 5.41) is 0. The van der Waals surface area contributed by atoms with E-state index in [2.05, 4.69) is 159 Å². The van der Waals surface area contributed by atoms with Gasteiger partial charge in [-0.05, 0) is 70.8 Å². The first-order valence-corrected chi connectivity index (χ1v) is 13.5. The fourth-order valence-corrected chi connectivity index (χ4v) is 6.60. The topological polar surface area (TPSA) is 6.48 Å². The van der Waals surface area contributed by atoms with E-state index in [0.29, 0.717) is 0 Å². The summed E-state index contributed by atoms with van der Waals surface area (Å²) in [5.74, 6) is 0. The van der Waals surface area contributed by atoms with Crippen LogP contribution < -0.4 is 9.80 Å². The molecule has 2 aliphatic heterocycles. The van der Waals surface area contributed by atoms with Crippen molar-refractivity contribution in [2.45, 2.75) is 38.5 Å². The van der Waals surface area contributed by atoms with E-state index in [4.69, 9.17) is 0 Å². The van der Waals surface area contributed by atoms with Crippen LogP contribution in [0.3, 0.4) is 0 Å². The maximum absolute atomic E-state index is 2.47. The molecule has 2 nitrogen and oxygen atoms in total. The van der Waals surface area contributed by atoms with Crippen LogP contribution in [0, 0.1) is 0 Å². The van der Waals surface area contributed by atoms with Gasteiger partial charge in [0.15, 0.2) is 0 Å². The molecule has 0 aromatic heterocycles. The SMILES string of the molecule is CC1(C)c2ccccc2N(c2ccccc2)c2cc3c(cc21)N(c1ccccc1)c1ccccc1C3(C)C. The third kappa shape index (κ3) is 3.13. The van der Waals surface area contributed by atoms with E-state index in [0.717, 1.165) is 0 Å².